The van der Waals surface area contributed by atoms with E-state index in [1.165, 1.54) is 4.52 Å². The van der Waals surface area contributed by atoms with Gasteiger partial charge in [0.05, 0.1) is 11.1 Å². The molecule has 0 atom stereocenters. The summed E-state index contributed by atoms with van der Waals surface area (Å²) in [6, 6.07) is 15.5. The highest BCUT2D eigenvalue weighted by Crippen LogP contribution is 2.19. The van der Waals surface area contributed by atoms with Gasteiger partial charge in [0.25, 0.3) is 11.1 Å². The van der Waals surface area contributed by atoms with Crippen LogP contribution in [0.5, 0.6) is 5.75 Å². The first kappa shape index (κ1) is 20.9. The molecule has 0 aliphatic carbocycles. The summed E-state index contributed by atoms with van der Waals surface area (Å²) in [5.41, 5.74) is 2.46. The molecule has 0 N–H and O–H groups in total. The second-order valence-electron chi connectivity index (χ2n) is 7.38. The van der Waals surface area contributed by atoms with Crippen molar-refractivity contribution in [2.45, 2.75) is 33.1 Å². The number of hydrogen-bond donors (Lipinski definition) is 0. The molecule has 0 spiro atoms. The van der Waals surface area contributed by atoms with E-state index in [4.69, 9.17) is 4.74 Å². The van der Waals surface area contributed by atoms with Crippen molar-refractivity contribution in [2.75, 3.05) is 6.61 Å². The van der Waals surface area contributed by atoms with Crippen LogP contribution in [-0.2, 0) is 6.42 Å². The largest absolute Gasteiger partial charge is 0.493 e. The predicted octanol–water partition coefficient (Wildman–Crippen LogP) is 3.14. The first-order chi connectivity index (χ1) is 15.0. The summed E-state index contributed by atoms with van der Waals surface area (Å²) < 4.78 is 7.54. The number of aryl methyl sites for hydroxylation is 1. The molecular weight excluding hydrogens is 410 g/mol. The quantitative estimate of drug-likeness (QED) is 0.419. The Labute approximate surface area is 183 Å². The molecule has 0 unspecified atom stereocenters. The number of thiazole rings is 1. The molecule has 0 bridgehead atoms. The van der Waals surface area contributed by atoms with Crippen LogP contribution >= 0.6 is 11.3 Å². The monoisotopic (exact) mass is 433 g/mol. The van der Waals surface area contributed by atoms with E-state index >= 15 is 0 Å². The maximum absolute atomic E-state index is 13.0. The number of hydrogen-bond acceptors (Lipinski definition) is 6. The minimum absolute atomic E-state index is 0.256. The van der Waals surface area contributed by atoms with Crippen molar-refractivity contribution in [1.29, 1.82) is 0 Å². The molecule has 0 saturated carbocycles. The molecule has 2 aromatic carbocycles. The number of aromatic nitrogens is 3. The molecule has 2 heterocycles. The Balaban J connectivity index is 1.73. The van der Waals surface area contributed by atoms with Crippen molar-refractivity contribution in [2.24, 2.45) is 0 Å². The average molecular weight is 434 g/mol. The zero-order valence-corrected chi connectivity index (χ0v) is 18.3. The smallest absolute Gasteiger partial charge is 0.296 e. The molecule has 0 saturated heterocycles. The van der Waals surface area contributed by atoms with Crippen LogP contribution < -0.4 is 20.4 Å². The van der Waals surface area contributed by atoms with Crippen LogP contribution in [0.1, 0.15) is 42.1 Å². The van der Waals surface area contributed by atoms with Crippen molar-refractivity contribution in [3.8, 4) is 5.75 Å². The molecule has 2 aromatic heterocycles. The Bertz CT molecular complexity index is 1370. The van der Waals surface area contributed by atoms with E-state index in [-0.39, 0.29) is 11.3 Å². The highest BCUT2D eigenvalue weighted by molar-refractivity contribution is 7.15. The van der Waals surface area contributed by atoms with Gasteiger partial charge in [0.15, 0.2) is 0 Å². The Hall–Kier alpha value is -3.32. The topological polar surface area (TPSA) is 73.6 Å². The van der Waals surface area contributed by atoms with Gasteiger partial charge in [-0.1, -0.05) is 72.7 Å². The number of fused-ring (bicyclic) bond motifs is 1. The Morgan fingerprint density at radius 3 is 2.65 bits per heavy atom. The van der Waals surface area contributed by atoms with Crippen LogP contribution in [0, 0.1) is 6.92 Å². The van der Waals surface area contributed by atoms with E-state index in [0.29, 0.717) is 22.5 Å². The lowest BCUT2D eigenvalue weighted by Gasteiger charge is -2.07. The second-order valence-corrected chi connectivity index (χ2v) is 8.39. The molecule has 0 aliphatic rings. The summed E-state index contributed by atoms with van der Waals surface area (Å²) >= 11 is 1.15. The maximum Gasteiger partial charge on any atom is 0.296 e. The van der Waals surface area contributed by atoms with Gasteiger partial charge in [0.1, 0.15) is 11.4 Å². The fraction of sp³-hybridized carbons (Fsp3) is 0.250. The number of para-hydroxylation sites is 1. The molecule has 6 nitrogen and oxygen atoms in total. The Kier molecular flexibility index (Phi) is 6.23. The standard InChI is InChI=1S/C24H23N3O3S/c1-3-4-13-30-20-8-6-5-7-18(20)15-21-23(29)27-24(31-21)25-22(28)19(26-27)14-17-11-9-16(2)10-12-17/h5-12,15H,3-4,13-14H2,1-2H3. The summed E-state index contributed by atoms with van der Waals surface area (Å²) in [5, 5.41) is 4.33. The van der Waals surface area contributed by atoms with Crippen molar-refractivity contribution >= 4 is 22.4 Å². The highest BCUT2D eigenvalue weighted by atomic mass is 32.1. The normalized spacial score (nSPS) is 11.9. The van der Waals surface area contributed by atoms with E-state index in [9.17, 15) is 9.59 Å². The molecule has 0 fully saturated rings. The van der Waals surface area contributed by atoms with E-state index in [2.05, 4.69) is 17.0 Å². The zero-order valence-electron chi connectivity index (χ0n) is 17.5. The number of rotatable bonds is 7. The van der Waals surface area contributed by atoms with Crippen LogP contribution in [0.3, 0.4) is 0 Å². The van der Waals surface area contributed by atoms with Crippen LogP contribution in [0.25, 0.3) is 11.0 Å². The van der Waals surface area contributed by atoms with E-state index < -0.39 is 5.56 Å². The van der Waals surface area contributed by atoms with Gasteiger partial charge in [-0.3, -0.25) is 9.59 Å². The maximum atomic E-state index is 13.0. The number of nitrogens with zero attached hydrogens (tertiary/aromatic N) is 3. The minimum Gasteiger partial charge on any atom is -0.493 e. The molecule has 0 radical (unpaired) electrons. The van der Waals surface area contributed by atoms with Gasteiger partial charge in [-0.05, 0) is 31.1 Å². The summed E-state index contributed by atoms with van der Waals surface area (Å²) in [6.07, 6.45) is 4.11. The van der Waals surface area contributed by atoms with Crippen LogP contribution in [-0.4, -0.2) is 21.2 Å². The fourth-order valence-electron chi connectivity index (χ4n) is 3.15. The SMILES string of the molecule is CCCCOc1ccccc1C=c1sc2nc(=O)c(Cc3ccc(C)cc3)nn2c1=O. The van der Waals surface area contributed by atoms with E-state index in [1.807, 2.05) is 55.5 Å². The second kappa shape index (κ2) is 9.22. The first-order valence-electron chi connectivity index (χ1n) is 10.3. The molecule has 0 aliphatic heterocycles. The van der Waals surface area contributed by atoms with Crippen molar-refractivity contribution in [1.82, 2.24) is 14.6 Å². The van der Waals surface area contributed by atoms with Crippen molar-refractivity contribution in [3.05, 3.63) is 96.2 Å². The minimum atomic E-state index is -0.406. The number of benzene rings is 2. The van der Waals surface area contributed by atoms with Gasteiger partial charge in [-0.15, -0.1) is 0 Å². The van der Waals surface area contributed by atoms with E-state index in [1.54, 1.807) is 6.08 Å². The van der Waals surface area contributed by atoms with Gasteiger partial charge < -0.3 is 4.74 Å². The third-order valence-electron chi connectivity index (χ3n) is 4.90. The lowest BCUT2D eigenvalue weighted by molar-refractivity contribution is 0.309. The summed E-state index contributed by atoms with van der Waals surface area (Å²) in [5.74, 6) is 0.725. The summed E-state index contributed by atoms with van der Waals surface area (Å²) in [7, 11) is 0. The number of unbranched alkanes of at least 4 members (excludes halogenated alkanes) is 1. The summed E-state index contributed by atoms with van der Waals surface area (Å²) in [4.78, 5) is 29.8. The lowest BCUT2D eigenvalue weighted by Crippen LogP contribution is -2.28. The molecule has 31 heavy (non-hydrogen) atoms. The summed E-state index contributed by atoms with van der Waals surface area (Å²) in [6.45, 7) is 4.74. The van der Waals surface area contributed by atoms with Crippen molar-refractivity contribution in [3.63, 3.8) is 0 Å². The van der Waals surface area contributed by atoms with Crippen LogP contribution in [0.2, 0.25) is 0 Å². The van der Waals surface area contributed by atoms with Gasteiger partial charge in [-0.2, -0.15) is 14.6 Å². The molecule has 158 valence electrons. The fourth-order valence-corrected chi connectivity index (χ4v) is 4.05. The van der Waals surface area contributed by atoms with E-state index in [0.717, 1.165) is 46.6 Å². The van der Waals surface area contributed by atoms with Crippen molar-refractivity contribution < 1.29 is 4.74 Å². The zero-order chi connectivity index (χ0) is 21.8. The molecule has 0 amide bonds. The molecular formula is C24H23N3O3S. The lowest BCUT2D eigenvalue weighted by atomic mass is 10.1. The van der Waals surface area contributed by atoms with Gasteiger partial charge in [0.2, 0.25) is 4.96 Å². The molecule has 4 rings (SSSR count). The Morgan fingerprint density at radius 2 is 1.87 bits per heavy atom. The van der Waals surface area contributed by atoms with Crippen LogP contribution in [0.4, 0.5) is 0 Å². The molecule has 7 heteroatoms. The third kappa shape index (κ3) is 4.72. The Morgan fingerprint density at radius 1 is 1.10 bits per heavy atom. The third-order valence-corrected chi connectivity index (χ3v) is 5.86. The average Bonchev–Trinajstić information content (AvgIpc) is 3.06. The first-order valence-corrected chi connectivity index (χ1v) is 11.1. The highest BCUT2D eigenvalue weighted by Gasteiger charge is 2.12. The van der Waals surface area contributed by atoms with Gasteiger partial charge in [0, 0.05) is 12.0 Å². The number of ether oxygens (including phenoxy) is 1. The molecule has 4 aromatic rings. The van der Waals surface area contributed by atoms with Gasteiger partial charge in [-0.25, -0.2) is 0 Å². The van der Waals surface area contributed by atoms with Gasteiger partial charge >= 0.3 is 0 Å². The van der Waals surface area contributed by atoms with Crippen LogP contribution in [0.15, 0.2) is 58.1 Å². The predicted molar refractivity (Wildman–Crippen MR) is 123 cm³/mol.